The Morgan fingerprint density at radius 2 is 0.772 bits per heavy atom. The largest absolute Gasteiger partial charge is 0.310 e. The van der Waals surface area contributed by atoms with Crippen LogP contribution in [-0.2, 0) is 10.8 Å². The van der Waals surface area contributed by atoms with Crippen molar-refractivity contribution in [3.63, 3.8) is 0 Å². The van der Waals surface area contributed by atoms with Crippen molar-refractivity contribution in [2.45, 2.75) is 17.8 Å². The molecule has 1 unspecified atom stereocenters. The fraction of sp³-hybridized carbons (Fsp3) is 0.0309. The Labute approximate surface area is 594 Å². The van der Waals surface area contributed by atoms with Gasteiger partial charge in [-0.05, 0) is 201 Å². The minimum absolute atomic E-state index is 0.583. The third-order valence-corrected chi connectivity index (χ3v) is 24.7. The summed E-state index contributed by atoms with van der Waals surface area (Å²) < 4.78 is 2.57. The summed E-state index contributed by atoms with van der Waals surface area (Å²) in [7, 11) is 0. The molecule has 15 aromatic carbocycles. The highest BCUT2D eigenvalue weighted by molar-refractivity contribution is 7.23. The molecule has 17 aromatic rings. The Bertz CT molecular complexity index is 6310. The molecule has 0 amide bonds. The third kappa shape index (κ3) is 8.03. The van der Waals surface area contributed by atoms with E-state index in [4.69, 9.17) is 6.58 Å². The molecule has 0 saturated carbocycles. The van der Waals surface area contributed by atoms with Crippen LogP contribution in [0.3, 0.4) is 0 Å². The van der Waals surface area contributed by atoms with Gasteiger partial charge in [-0.15, -0.1) is 22.7 Å². The van der Waals surface area contributed by atoms with Crippen LogP contribution in [0.1, 0.15) is 51.4 Å². The van der Waals surface area contributed by atoms with E-state index < -0.39 is 10.8 Å². The van der Waals surface area contributed by atoms with Crippen molar-refractivity contribution in [2.24, 2.45) is 0 Å². The maximum atomic E-state index is 4.70. The molecule has 2 nitrogen and oxygen atoms in total. The van der Waals surface area contributed by atoms with Crippen LogP contribution >= 0.6 is 22.7 Å². The molecule has 0 aliphatic heterocycles. The summed E-state index contributed by atoms with van der Waals surface area (Å²) in [5, 5.41) is 9.89. The van der Waals surface area contributed by atoms with Crippen LogP contribution in [0.2, 0.25) is 0 Å². The lowest BCUT2D eigenvalue weighted by molar-refractivity contribution is 0.794. The molecule has 0 N–H and O–H groups in total. The molecule has 0 fully saturated rings. The fourth-order valence-corrected chi connectivity index (χ4v) is 21.0. The second kappa shape index (κ2) is 22.2. The van der Waals surface area contributed by atoms with Crippen LogP contribution in [0.4, 0.5) is 34.1 Å². The first kappa shape index (κ1) is 57.8. The minimum atomic E-state index is -0.662. The van der Waals surface area contributed by atoms with E-state index in [9.17, 15) is 0 Å². The Hall–Kier alpha value is -12.2. The van der Waals surface area contributed by atoms with E-state index in [1.165, 1.54) is 157 Å². The number of thiophene rings is 2. The predicted octanol–water partition coefficient (Wildman–Crippen LogP) is 27.0. The first-order chi connectivity index (χ1) is 50.0. The van der Waals surface area contributed by atoms with E-state index in [2.05, 4.69) is 363 Å². The molecule has 4 heteroatoms. The van der Waals surface area contributed by atoms with Gasteiger partial charge in [0.15, 0.2) is 0 Å². The van der Waals surface area contributed by atoms with Crippen molar-refractivity contribution in [1.29, 1.82) is 0 Å². The van der Waals surface area contributed by atoms with Crippen molar-refractivity contribution in [3.05, 3.63) is 402 Å². The molecule has 101 heavy (non-hydrogen) atoms. The summed E-state index contributed by atoms with van der Waals surface area (Å²) in [6.07, 6.45) is 6.65. The van der Waals surface area contributed by atoms with Crippen LogP contribution in [-0.4, -0.2) is 0 Å². The molecule has 2 aromatic heterocycles. The number of hydrogen-bond acceptors (Lipinski definition) is 4. The minimum Gasteiger partial charge on any atom is -0.310 e. The molecule has 472 valence electrons. The van der Waals surface area contributed by atoms with Crippen LogP contribution in [0.15, 0.2) is 358 Å². The lowest BCUT2D eigenvalue weighted by Gasteiger charge is -2.36. The fourth-order valence-electron chi connectivity index (χ4n) is 18.4. The van der Waals surface area contributed by atoms with Gasteiger partial charge < -0.3 is 9.80 Å². The van der Waals surface area contributed by atoms with Gasteiger partial charge in [0.05, 0.1) is 27.9 Å². The zero-order chi connectivity index (χ0) is 66.7. The van der Waals surface area contributed by atoms with Crippen molar-refractivity contribution >= 4 is 115 Å². The van der Waals surface area contributed by atoms with Crippen molar-refractivity contribution in [1.82, 2.24) is 0 Å². The van der Waals surface area contributed by atoms with Gasteiger partial charge >= 0.3 is 0 Å². The Balaban J connectivity index is 0.739. The number of nitrogens with zero attached hydrogens (tertiary/aromatic N) is 2. The van der Waals surface area contributed by atoms with Crippen LogP contribution in [0.25, 0.3) is 112 Å². The number of fused-ring (bicyclic) bond motifs is 24. The zero-order valence-electron chi connectivity index (χ0n) is 55.3. The first-order valence-corrected chi connectivity index (χ1v) is 36.6. The van der Waals surface area contributed by atoms with E-state index in [-0.39, 0.29) is 0 Å². The summed E-state index contributed by atoms with van der Waals surface area (Å²) in [4.78, 5) is 7.70. The normalized spacial score (nSPS) is 14.9. The molecule has 4 aliphatic carbocycles. The standard InChI is InChI=1S/C97H62N2S2/c1-3-23-73-74-33-13-17-41-84(74)97(81(73)4-2)91-80(95-93(97)78-36-14-18-45-89(78)100-95)38-22-44-88(91)98(67-53-48-64(49-54-67)70-37-19-27-61-24-5-8-30-69(61)70)66-51-46-60(47-52-66)65-50-56-79-90(58-65)101-94-77-57-55-68(59-85(77)96(92(79)94)82-39-15-11-34-75(82)76-35-12-16-40-83(76)96)99(86-42-20-28-62-25-6-9-31-71(62)86)87-43-21-29-63-26-7-10-32-72(63)87/h3-59H,2H2,1H3/b23-3-. The molecule has 4 aliphatic rings. The van der Waals surface area contributed by atoms with Crippen molar-refractivity contribution < 1.29 is 0 Å². The molecule has 0 bridgehead atoms. The van der Waals surface area contributed by atoms with Gasteiger partial charge in [0.1, 0.15) is 0 Å². The van der Waals surface area contributed by atoms with Crippen molar-refractivity contribution in [3.8, 4) is 54.3 Å². The van der Waals surface area contributed by atoms with Gasteiger partial charge in [0.2, 0.25) is 0 Å². The van der Waals surface area contributed by atoms with Crippen LogP contribution in [0.5, 0.6) is 0 Å². The smallest absolute Gasteiger partial charge is 0.0760 e. The van der Waals surface area contributed by atoms with Gasteiger partial charge in [0, 0.05) is 52.6 Å². The zero-order valence-corrected chi connectivity index (χ0v) is 57.0. The van der Waals surface area contributed by atoms with Gasteiger partial charge in [-0.1, -0.05) is 286 Å². The maximum absolute atomic E-state index is 4.70. The van der Waals surface area contributed by atoms with Crippen LogP contribution < -0.4 is 9.80 Å². The van der Waals surface area contributed by atoms with Gasteiger partial charge in [-0.3, -0.25) is 0 Å². The van der Waals surface area contributed by atoms with Gasteiger partial charge in [-0.25, -0.2) is 0 Å². The average molecular weight is 1320 g/mol. The topological polar surface area (TPSA) is 6.48 Å². The summed E-state index contributed by atoms with van der Waals surface area (Å²) in [5.41, 5.74) is 28.3. The summed E-state index contributed by atoms with van der Waals surface area (Å²) in [6.45, 7) is 6.83. The van der Waals surface area contributed by atoms with Crippen LogP contribution in [0, 0.1) is 0 Å². The molecule has 1 atom stereocenters. The quantitative estimate of drug-likeness (QED) is 0.135. The summed E-state index contributed by atoms with van der Waals surface area (Å²) >= 11 is 3.86. The van der Waals surface area contributed by atoms with E-state index in [0.29, 0.717) is 0 Å². The van der Waals surface area contributed by atoms with Gasteiger partial charge in [0.25, 0.3) is 0 Å². The van der Waals surface area contributed by atoms with Gasteiger partial charge in [-0.2, -0.15) is 0 Å². The molecular formula is C97H62N2S2. The second-order valence-corrected chi connectivity index (χ2v) is 29.3. The molecule has 0 saturated heterocycles. The highest BCUT2D eigenvalue weighted by Crippen LogP contribution is 2.70. The predicted molar refractivity (Wildman–Crippen MR) is 430 cm³/mol. The molecule has 2 spiro atoms. The molecule has 21 rings (SSSR count). The van der Waals surface area contributed by atoms with Crippen molar-refractivity contribution in [2.75, 3.05) is 9.80 Å². The van der Waals surface area contributed by atoms with E-state index in [0.717, 1.165) is 39.7 Å². The molecule has 2 heterocycles. The number of allylic oxidation sites excluding steroid dienone is 5. The Morgan fingerprint density at radius 3 is 1.44 bits per heavy atom. The SMILES string of the molecule is C=CC1=C(/C=C\C)c2ccccc2C12c1c(cccc1N(c1ccc(-c3ccc4c5c(sc4c3)-c3ccc(N(c4cccc6ccccc46)c4cccc6ccccc46)cc3C53c4ccccc4-c4ccccc43)cc1)c1ccc(-c3cccc4ccccc34)cc1)-c1sc3ccccc3c12. The summed E-state index contributed by atoms with van der Waals surface area (Å²) in [6, 6.07) is 123. The summed E-state index contributed by atoms with van der Waals surface area (Å²) in [5.74, 6) is 0. The Morgan fingerprint density at radius 1 is 0.307 bits per heavy atom. The highest BCUT2D eigenvalue weighted by atomic mass is 32.1. The van der Waals surface area contributed by atoms with E-state index in [1.54, 1.807) is 0 Å². The van der Waals surface area contributed by atoms with E-state index >= 15 is 0 Å². The highest BCUT2D eigenvalue weighted by Gasteiger charge is 2.56. The molecule has 0 radical (unpaired) electrons. The lowest BCUT2D eigenvalue weighted by Crippen LogP contribution is -2.29. The third-order valence-electron chi connectivity index (χ3n) is 22.4. The second-order valence-electron chi connectivity index (χ2n) is 27.2. The monoisotopic (exact) mass is 1320 g/mol. The Kier molecular flexibility index (Phi) is 12.7. The molecular weight excluding hydrogens is 1260 g/mol. The first-order valence-electron chi connectivity index (χ1n) is 34.9. The van der Waals surface area contributed by atoms with E-state index in [1.807, 2.05) is 22.7 Å². The number of anilines is 6. The average Bonchev–Trinajstić information content (AvgIpc) is 1.50. The number of rotatable bonds is 10. The lowest BCUT2D eigenvalue weighted by atomic mass is 9.68. The maximum Gasteiger partial charge on any atom is 0.0760 e. The number of hydrogen-bond donors (Lipinski definition) is 0. The number of benzene rings is 15.